The number of benzene rings is 1. The predicted octanol–water partition coefficient (Wildman–Crippen LogP) is 3.00. The Kier molecular flexibility index (Phi) is 3.55. The number of nitrogens with one attached hydrogen (secondary N) is 1. The molecule has 2 heterocycles. The number of nitrogens with zero attached hydrogens (tertiary/aromatic N) is 1. The lowest BCUT2D eigenvalue weighted by atomic mass is 9.94. The summed E-state index contributed by atoms with van der Waals surface area (Å²) in [5.41, 5.74) is 1.79. The molecule has 3 nitrogen and oxygen atoms in total. The number of alkyl halides is 3. The molecule has 0 aliphatic carbocycles. The first-order valence-electron chi connectivity index (χ1n) is 7.15. The number of fused-ring (bicyclic) bond motifs is 1. The van der Waals surface area contributed by atoms with E-state index in [0.717, 1.165) is 11.3 Å². The second-order valence-corrected chi connectivity index (χ2v) is 5.69. The van der Waals surface area contributed by atoms with Gasteiger partial charge in [-0.3, -0.25) is 4.79 Å². The van der Waals surface area contributed by atoms with Gasteiger partial charge in [-0.1, -0.05) is 18.2 Å². The van der Waals surface area contributed by atoms with E-state index in [1.165, 1.54) is 4.90 Å². The topological polar surface area (TPSA) is 32.3 Å². The number of para-hydroxylation sites is 1. The molecule has 6 heteroatoms. The molecule has 2 aliphatic rings. The van der Waals surface area contributed by atoms with E-state index in [1.54, 1.807) is 0 Å². The van der Waals surface area contributed by atoms with Gasteiger partial charge in [0.25, 0.3) is 0 Å². The number of carbonyl (C=O) groups excluding carboxylic acids is 1. The van der Waals surface area contributed by atoms with Gasteiger partial charge in [-0.15, -0.1) is 0 Å². The second-order valence-electron chi connectivity index (χ2n) is 5.69. The van der Waals surface area contributed by atoms with E-state index in [-0.39, 0.29) is 24.8 Å². The van der Waals surface area contributed by atoms with E-state index < -0.39 is 12.1 Å². The molecule has 1 fully saturated rings. The molecule has 3 rings (SSSR count). The number of hydrogen-bond acceptors (Lipinski definition) is 2. The normalized spacial score (nSPS) is 25.4. The SMILES string of the molecule is O=C(C1CNc2ccccc21)N1CCCC(C(F)(F)F)C1. The molecule has 1 amide bonds. The van der Waals surface area contributed by atoms with E-state index in [4.69, 9.17) is 0 Å². The molecule has 0 saturated carbocycles. The van der Waals surface area contributed by atoms with Crippen LogP contribution in [-0.2, 0) is 4.79 Å². The first-order chi connectivity index (χ1) is 9.97. The van der Waals surface area contributed by atoms with E-state index in [0.29, 0.717) is 19.5 Å². The predicted molar refractivity (Wildman–Crippen MR) is 73.0 cm³/mol. The standard InChI is InChI=1S/C15H17F3N2O/c16-15(17,18)10-4-3-7-20(9-10)14(21)12-8-19-13-6-2-1-5-11(12)13/h1-2,5-6,10,12,19H,3-4,7-9H2. The summed E-state index contributed by atoms with van der Waals surface area (Å²) in [4.78, 5) is 13.9. The summed E-state index contributed by atoms with van der Waals surface area (Å²) in [7, 11) is 0. The van der Waals surface area contributed by atoms with Crippen molar-refractivity contribution in [1.29, 1.82) is 0 Å². The number of halogens is 3. The van der Waals surface area contributed by atoms with Crippen molar-refractivity contribution in [3.8, 4) is 0 Å². The first-order valence-corrected chi connectivity index (χ1v) is 7.15. The van der Waals surface area contributed by atoms with Crippen LogP contribution in [-0.4, -0.2) is 36.6 Å². The Morgan fingerprint density at radius 3 is 2.81 bits per heavy atom. The zero-order valence-corrected chi connectivity index (χ0v) is 11.5. The number of amides is 1. The average Bonchev–Trinajstić information content (AvgIpc) is 2.90. The van der Waals surface area contributed by atoms with E-state index in [9.17, 15) is 18.0 Å². The molecule has 0 aromatic heterocycles. The highest BCUT2D eigenvalue weighted by Crippen LogP contribution is 2.36. The van der Waals surface area contributed by atoms with Crippen molar-refractivity contribution in [2.75, 3.05) is 25.0 Å². The monoisotopic (exact) mass is 298 g/mol. The Morgan fingerprint density at radius 1 is 1.29 bits per heavy atom. The maximum atomic E-state index is 12.8. The van der Waals surface area contributed by atoms with Crippen LogP contribution in [0.4, 0.5) is 18.9 Å². The van der Waals surface area contributed by atoms with Crippen molar-refractivity contribution in [2.45, 2.75) is 24.9 Å². The number of likely N-dealkylation sites (tertiary alicyclic amines) is 1. The third kappa shape index (κ3) is 2.71. The van der Waals surface area contributed by atoms with Gasteiger partial charge in [0.1, 0.15) is 0 Å². The molecule has 114 valence electrons. The number of carbonyl (C=O) groups is 1. The summed E-state index contributed by atoms with van der Waals surface area (Å²) in [6.07, 6.45) is -3.69. The number of hydrogen-bond donors (Lipinski definition) is 1. The largest absolute Gasteiger partial charge is 0.393 e. The van der Waals surface area contributed by atoms with Gasteiger partial charge in [-0.2, -0.15) is 13.2 Å². The highest BCUT2D eigenvalue weighted by atomic mass is 19.4. The van der Waals surface area contributed by atoms with Gasteiger partial charge in [0.15, 0.2) is 0 Å². The van der Waals surface area contributed by atoms with Crippen molar-refractivity contribution in [3.63, 3.8) is 0 Å². The van der Waals surface area contributed by atoms with Gasteiger partial charge >= 0.3 is 6.18 Å². The summed E-state index contributed by atoms with van der Waals surface area (Å²) in [5, 5.41) is 3.14. The first kappa shape index (κ1) is 14.2. The lowest BCUT2D eigenvalue weighted by Crippen LogP contribution is -2.46. The summed E-state index contributed by atoms with van der Waals surface area (Å²) < 4.78 is 38.5. The van der Waals surface area contributed by atoms with Crippen molar-refractivity contribution >= 4 is 11.6 Å². The van der Waals surface area contributed by atoms with E-state index in [2.05, 4.69) is 5.32 Å². The zero-order valence-electron chi connectivity index (χ0n) is 11.5. The van der Waals surface area contributed by atoms with Crippen molar-refractivity contribution < 1.29 is 18.0 Å². The summed E-state index contributed by atoms with van der Waals surface area (Å²) in [6.45, 7) is 0.677. The Morgan fingerprint density at radius 2 is 2.05 bits per heavy atom. The third-order valence-corrected chi connectivity index (χ3v) is 4.33. The molecule has 1 saturated heterocycles. The lowest BCUT2D eigenvalue weighted by Gasteiger charge is -2.35. The van der Waals surface area contributed by atoms with Crippen molar-refractivity contribution in [2.24, 2.45) is 5.92 Å². The molecule has 0 bridgehead atoms. The smallest absolute Gasteiger partial charge is 0.384 e. The van der Waals surface area contributed by atoms with E-state index in [1.807, 2.05) is 24.3 Å². The number of piperidine rings is 1. The van der Waals surface area contributed by atoms with Gasteiger partial charge in [-0.25, -0.2) is 0 Å². The van der Waals surface area contributed by atoms with E-state index >= 15 is 0 Å². The maximum absolute atomic E-state index is 12.8. The average molecular weight is 298 g/mol. The molecule has 2 atom stereocenters. The van der Waals surface area contributed by atoms with Crippen molar-refractivity contribution in [1.82, 2.24) is 4.90 Å². The molecule has 2 unspecified atom stereocenters. The number of rotatable bonds is 1. The van der Waals surface area contributed by atoms with Crippen LogP contribution in [0.3, 0.4) is 0 Å². The van der Waals surface area contributed by atoms with Crippen molar-refractivity contribution in [3.05, 3.63) is 29.8 Å². The van der Waals surface area contributed by atoms with Crippen LogP contribution in [0, 0.1) is 5.92 Å². The highest BCUT2D eigenvalue weighted by molar-refractivity contribution is 5.88. The zero-order chi connectivity index (χ0) is 15.0. The Balaban J connectivity index is 1.74. The molecule has 0 spiro atoms. The minimum absolute atomic E-state index is 0.118. The molecule has 1 aromatic carbocycles. The highest BCUT2D eigenvalue weighted by Gasteiger charge is 2.44. The Hall–Kier alpha value is -1.72. The summed E-state index contributed by atoms with van der Waals surface area (Å²) >= 11 is 0. The fraction of sp³-hybridized carbons (Fsp3) is 0.533. The third-order valence-electron chi connectivity index (χ3n) is 4.33. The molecular weight excluding hydrogens is 281 g/mol. The number of anilines is 1. The van der Waals surface area contributed by atoms with Crippen LogP contribution in [0.25, 0.3) is 0 Å². The molecule has 1 N–H and O–H groups in total. The quantitative estimate of drug-likeness (QED) is 0.864. The minimum Gasteiger partial charge on any atom is -0.384 e. The fourth-order valence-electron chi connectivity index (χ4n) is 3.17. The maximum Gasteiger partial charge on any atom is 0.393 e. The van der Waals surface area contributed by atoms with Gasteiger partial charge < -0.3 is 10.2 Å². The molecule has 21 heavy (non-hydrogen) atoms. The van der Waals surface area contributed by atoms with Gasteiger partial charge in [0.05, 0.1) is 11.8 Å². The molecule has 0 radical (unpaired) electrons. The summed E-state index contributed by atoms with van der Waals surface area (Å²) in [6, 6.07) is 7.47. The van der Waals surface area contributed by atoms with Crippen LogP contribution < -0.4 is 5.32 Å². The van der Waals surface area contributed by atoms with Gasteiger partial charge in [0.2, 0.25) is 5.91 Å². The van der Waals surface area contributed by atoms with Gasteiger partial charge in [-0.05, 0) is 24.5 Å². The molecular formula is C15H17F3N2O. The van der Waals surface area contributed by atoms with Crippen LogP contribution in [0.5, 0.6) is 0 Å². The van der Waals surface area contributed by atoms with Crippen LogP contribution in [0.1, 0.15) is 24.3 Å². The fourth-order valence-corrected chi connectivity index (χ4v) is 3.17. The van der Waals surface area contributed by atoms with Crippen LogP contribution >= 0.6 is 0 Å². The lowest BCUT2D eigenvalue weighted by molar-refractivity contribution is -0.188. The second kappa shape index (κ2) is 5.24. The Labute approximate surface area is 121 Å². The minimum atomic E-state index is -4.22. The Bertz CT molecular complexity index is 544. The van der Waals surface area contributed by atoms with Crippen LogP contribution in [0.2, 0.25) is 0 Å². The summed E-state index contributed by atoms with van der Waals surface area (Å²) in [5.74, 6) is -1.95. The molecule has 1 aromatic rings. The van der Waals surface area contributed by atoms with Gasteiger partial charge in [0, 0.05) is 25.3 Å². The molecule has 2 aliphatic heterocycles. The van der Waals surface area contributed by atoms with Crippen LogP contribution in [0.15, 0.2) is 24.3 Å².